The molecule has 0 aliphatic carbocycles. The van der Waals surface area contributed by atoms with Crippen molar-refractivity contribution < 1.29 is 23.9 Å². The number of primary amides is 1. The molecule has 31 heavy (non-hydrogen) atoms. The minimum Gasteiger partial charge on any atom is -0.497 e. The van der Waals surface area contributed by atoms with Gasteiger partial charge in [-0.05, 0) is 29.3 Å². The summed E-state index contributed by atoms with van der Waals surface area (Å²) in [6.45, 7) is 0. The highest BCUT2D eigenvalue weighted by Crippen LogP contribution is 2.53. The molecule has 2 aromatic rings. The van der Waals surface area contributed by atoms with Gasteiger partial charge >= 0.3 is 0 Å². The number of anilines is 1. The summed E-state index contributed by atoms with van der Waals surface area (Å²) in [7, 11) is 2.98. The zero-order valence-electron chi connectivity index (χ0n) is 17.0. The van der Waals surface area contributed by atoms with Crippen LogP contribution in [-0.2, 0) is 14.4 Å². The van der Waals surface area contributed by atoms with Crippen LogP contribution in [0.4, 0.5) is 5.69 Å². The number of benzene rings is 2. The number of amides is 3. The SMILES string of the molecule is COc1ccc(N2C(=O)[C@@H]3[C@@H](C2=O)[C@H]2c4ccccc4C=CN2[C@@H]3C(N)=O)c(OC)c1. The summed E-state index contributed by atoms with van der Waals surface area (Å²) in [5.41, 5.74) is 7.90. The third kappa shape index (κ3) is 2.57. The normalized spacial score (nSPS) is 25.9. The Morgan fingerprint density at radius 1 is 1.00 bits per heavy atom. The van der Waals surface area contributed by atoms with Gasteiger partial charge in [0.1, 0.15) is 17.5 Å². The van der Waals surface area contributed by atoms with Gasteiger partial charge in [0.15, 0.2) is 0 Å². The molecule has 0 spiro atoms. The maximum absolute atomic E-state index is 13.7. The van der Waals surface area contributed by atoms with Gasteiger partial charge in [0.25, 0.3) is 0 Å². The minimum absolute atomic E-state index is 0.321. The summed E-state index contributed by atoms with van der Waals surface area (Å²) in [6, 6.07) is 11.2. The van der Waals surface area contributed by atoms with Crippen LogP contribution in [0, 0.1) is 11.8 Å². The fraction of sp³-hybridized carbons (Fsp3) is 0.261. The smallest absolute Gasteiger partial charge is 0.240 e. The van der Waals surface area contributed by atoms with Gasteiger partial charge in [-0.3, -0.25) is 14.4 Å². The van der Waals surface area contributed by atoms with Gasteiger partial charge in [0.05, 0.1) is 37.8 Å². The van der Waals surface area contributed by atoms with Crippen molar-refractivity contribution in [3.05, 3.63) is 59.8 Å². The van der Waals surface area contributed by atoms with Crippen molar-refractivity contribution in [3.8, 4) is 11.5 Å². The molecule has 5 rings (SSSR count). The standard InChI is InChI=1S/C23H21N3O5/c1-30-13-7-8-15(16(11-13)31-2)26-22(28)17-18(23(26)29)20(21(24)27)25-10-9-12-5-3-4-6-14(12)19(17)25/h3-11,17-20H,1-2H3,(H2,24,27)/t17-,18-,19-,20+/m1/s1. The monoisotopic (exact) mass is 419 g/mol. The summed E-state index contributed by atoms with van der Waals surface area (Å²) in [5, 5.41) is 0. The molecule has 158 valence electrons. The first kappa shape index (κ1) is 19.2. The van der Waals surface area contributed by atoms with Gasteiger partial charge in [-0.2, -0.15) is 0 Å². The molecule has 2 aromatic carbocycles. The molecule has 3 aliphatic heterocycles. The van der Waals surface area contributed by atoms with Crippen LogP contribution in [-0.4, -0.2) is 42.9 Å². The molecule has 3 aliphatic rings. The van der Waals surface area contributed by atoms with Gasteiger partial charge in [0.2, 0.25) is 17.7 Å². The highest BCUT2D eigenvalue weighted by Gasteiger charge is 2.64. The first-order chi connectivity index (χ1) is 15.0. The Balaban J connectivity index is 1.64. The van der Waals surface area contributed by atoms with E-state index in [2.05, 4.69) is 0 Å². The fourth-order valence-electron chi connectivity index (χ4n) is 5.09. The van der Waals surface area contributed by atoms with Crippen molar-refractivity contribution in [3.63, 3.8) is 0 Å². The lowest BCUT2D eigenvalue weighted by molar-refractivity contribution is -0.129. The molecule has 0 bridgehead atoms. The number of ether oxygens (including phenoxy) is 2. The molecule has 0 saturated carbocycles. The largest absolute Gasteiger partial charge is 0.497 e. The van der Waals surface area contributed by atoms with Crippen LogP contribution in [0.2, 0.25) is 0 Å². The Kier molecular flexibility index (Phi) is 4.25. The van der Waals surface area contributed by atoms with E-state index in [1.54, 1.807) is 29.3 Å². The summed E-state index contributed by atoms with van der Waals surface area (Å²) in [5.74, 6) is -2.21. The summed E-state index contributed by atoms with van der Waals surface area (Å²) in [6.07, 6.45) is 3.64. The Labute approximate surface area is 178 Å². The van der Waals surface area contributed by atoms with E-state index in [1.807, 2.05) is 30.3 Å². The average Bonchev–Trinajstić information content (AvgIpc) is 3.26. The third-order valence-electron chi connectivity index (χ3n) is 6.38. The van der Waals surface area contributed by atoms with Crippen molar-refractivity contribution in [1.82, 2.24) is 4.90 Å². The molecular weight excluding hydrogens is 398 g/mol. The summed E-state index contributed by atoms with van der Waals surface area (Å²) < 4.78 is 10.6. The third-order valence-corrected chi connectivity index (χ3v) is 6.38. The second kappa shape index (κ2) is 6.87. The molecular formula is C23H21N3O5. The number of hydrogen-bond donors (Lipinski definition) is 1. The number of nitrogens with two attached hydrogens (primary N) is 1. The van der Waals surface area contributed by atoms with E-state index in [4.69, 9.17) is 15.2 Å². The van der Waals surface area contributed by atoms with E-state index in [1.165, 1.54) is 14.2 Å². The van der Waals surface area contributed by atoms with E-state index in [0.29, 0.717) is 17.2 Å². The maximum Gasteiger partial charge on any atom is 0.240 e. The first-order valence-corrected chi connectivity index (χ1v) is 9.91. The number of imide groups is 1. The highest BCUT2D eigenvalue weighted by atomic mass is 16.5. The van der Waals surface area contributed by atoms with E-state index in [9.17, 15) is 14.4 Å². The second-order valence-electron chi connectivity index (χ2n) is 7.79. The van der Waals surface area contributed by atoms with Crippen molar-refractivity contribution >= 4 is 29.5 Å². The Morgan fingerprint density at radius 2 is 1.74 bits per heavy atom. The Morgan fingerprint density at radius 3 is 2.45 bits per heavy atom. The molecule has 8 heteroatoms. The minimum atomic E-state index is -0.912. The van der Waals surface area contributed by atoms with Gasteiger partial charge < -0.3 is 20.1 Å². The van der Waals surface area contributed by atoms with E-state index in [-0.39, 0.29) is 5.91 Å². The van der Waals surface area contributed by atoms with Crippen molar-refractivity contribution in [1.29, 1.82) is 0 Å². The summed E-state index contributed by atoms with van der Waals surface area (Å²) >= 11 is 0. The average molecular weight is 419 g/mol. The van der Waals surface area contributed by atoms with Gasteiger partial charge in [0, 0.05) is 12.3 Å². The topological polar surface area (TPSA) is 102 Å². The molecule has 2 N–H and O–H groups in total. The van der Waals surface area contributed by atoms with E-state index < -0.39 is 35.7 Å². The summed E-state index contributed by atoms with van der Waals surface area (Å²) in [4.78, 5) is 42.5. The van der Waals surface area contributed by atoms with Gasteiger partial charge in [-0.25, -0.2) is 4.90 Å². The highest BCUT2D eigenvalue weighted by molar-refractivity contribution is 6.24. The van der Waals surface area contributed by atoms with Crippen LogP contribution in [0.15, 0.2) is 48.7 Å². The predicted octanol–water partition coefficient (Wildman–Crippen LogP) is 1.70. The van der Waals surface area contributed by atoms with Gasteiger partial charge in [-0.1, -0.05) is 24.3 Å². The zero-order valence-corrected chi connectivity index (χ0v) is 17.0. The second-order valence-corrected chi connectivity index (χ2v) is 7.79. The van der Waals surface area contributed by atoms with Crippen LogP contribution in [0.3, 0.4) is 0 Å². The lowest BCUT2D eigenvalue weighted by atomic mass is 9.84. The van der Waals surface area contributed by atoms with E-state index >= 15 is 0 Å². The van der Waals surface area contributed by atoms with Crippen LogP contribution < -0.4 is 20.1 Å². The molecule has 2 fully saturated rings. The van der Waals surface area contributed by atoms with Crippen molar-refractivity contribution in [2.24, 2.45) is 17.6 Å². The van der Waals surface area contributed by atoms with Gasteiger partial charge in [-0.15, -0.1) is 0 Å². The zero-order chi connectivity index (χ0) is 21.9. The number of carbonyl (C=O) groups excluding carboxylic acids is 3. The molecule has 3 amide bonds. The molecule has 8 nitrogen and oxygen atoms in total. The number of fused-ring (bicyclic) bond motifs is 5. The number of hydrogen-bond acceptors (Lipinski definition) is 6. The molecule has 2 saturated heterocycles. The molecule has 0 aromatic heterocycles. The van der Waals surface area contributed by atoms with Crippen molar-refractivity contribution in [2.75, 3.05) is 19.1 Å². The number of rotatable bonds is 4. The Bertz CT molecular complexity index is 1140. The molecule has 0 radical (unpaired) electrons. The van der Waals surface area contributed by atoms with Crippen LogP contribution >= 0.6 is 0 Å². The lowest BCUT2D eigenvalue weighted by Gasteiger charge is -2.34. The molecule has 3 heterocycles. The Hall–Kier alpha value is -3.81. The molecule has 4 atom stereocenters. The predicted molar refractivity (Wildman–Crippen MR) is 112 cm³/mol. The number of nitrogens with zero attached hydrogens (tertiary/aromatic N) is 2. The molecule has 0 unspecified atom stereocenters. The van der Waals surface area contributed by atoms with Crippen LogP contribution in [0.1, 0.15) is 17.2 Å². The van der Waals surface area contributed by atoms with E-state index in [0.717, 1.165) is 16.0 Å². The number of methoxy groups -OCH3 is 2. The van der Waals surface area contributed by atoms with Crippen LogP contribution in [0.5, 0.6) is 11.5 Å². The quantitative estimate of drug-likeness (QED) is 0.757. The fourth-order valence-corrected chi connectivity index (χ4v) is 5.09. The number of carbonyl (C=O) groups is 3. The lowest BCUT2D eigenvalue weighted by Crippen LogP contribution is -2.46. The van der Waals surface area contributed by atoms with Crippen LogP contribution in [0.25, 0.3) is 6.08 Å². The van der Waals surface area contributed by atoms with Crippen molar-refractivity contribution in [2.45, 2.75) is 12.1 Å². The maximum atomic E-state index is 13.7. The first-order valence-electron chi connectivity index (χ1n) is 9.91.